The number of rotatable bonds is 7. The summed E-state index contributed by atoms with van der Waals surface area (Å²) in [5, 5.41) is 16.5. The summed E-state index contributed by atoms with van der Waals surface area (Å²) in [4.78, 5) is 10.1. The quantitative estimate of drug-likeness (QED) is 0.623. The Bertz CT molecular complexity index is 222. The number of hydrogen-bond donors (Lipinski definition) is 1. The van der Waals surface area contributed by atoms with Gasteiger partial charge < -0.3 is 5.11 Å². The molecule has 13 heavy (non-hydrogen) atoms. The van der Waals surface area contributed by atoms with Gasteiger partial charge in [0, 0.05) is 28.7 Å². The Morgan fingerprint density at radius 2 is 2.08 bits per heavy atom. The Labute approximate surface area is 80.0 Å². The van der Waals surface area contributed by atoms with Crippen molar-refractivity contribution in [1.29, 1.82) is 5.26 Å². The van der Waals surface area contributed by atoms with E-state index in [4.69, 9.17) is 10.4 Å². The molecule has 0 bridgehead atoms. The highest BCUT2D eigenvalue weighted by molar-refractivity contribution is 7.84. The normalized spacial score (nSPS) is 11.9. The van der Waals surface area contributed by atoms with Crippen LogP contribution in [0.5, 0.6) is 0 Å². The average Bonchev–Trinajstić information content (AvgIpc) is 2.09. The second kappa shape index (κ2) is 7.74. The van der Waals surface area contributed by atoms with Gasteiger partial charge in [0.05, 0.1) is 12.5 Å². The van der Waals surface area contributed by atoms with Crippen molar-refractivity contribution in [1.82, 2.24) is 0 Å². The standard InChI is InChI=1S/C8H13NO3S/c9-5-2-1-3-6-13(12)7-4-8(10)11/h1-4,6-7H2,(H,10,11). The molecule has 0 aromatic carbocycles. The Hall–Kier alpha value is -0.890. The molecule has 0 aromatic rings. The highest BCUT2D eigenvalue weighted by atomic mass is 32.2. The minimum absolute atomic E-state index is 0.0368. The van der Waals surface area contributed by atoms with E-state index < -0.39 is 16.8 Å². The largest absolute Gasteiger partial charge is 0.481 e. The summed E-state index contributed by atoms with van der Waals surface area (Å²) in [7, 11) is -1.03. The van der Waals surface area contributed by atoms with E-state index in [0.717, 1.165) is 12.8 Å². The molecule has 5 heteroatoms. The summed E-state index contributed by atoms with van der Waals surface area (Å²) in [6, 6.07) is 2.00. The number of carboxylic acid groups (broad SMARTS) is 1. The Morgan fingerprint density at radius 3 is 2.62 bits per heavy atom. The lowest BCUT2D eigenvalue weighted by Gasteiger charge is -1.98. The summed E-state index contributed by atoms with van der Waals surface area (Å²) in [5.74, 6) is -0.179. The second-order valence-electron chi connectivity index (χ2n) is 2.61. The minimum Gasteiger partial charge on any atom is -0.481 e. The number of hydrogen-bond acceptors (Lipinski definition) is 3. The average molecular weight is 203 g/mol. The summed E-state index contributed by atoms with van der Waals surface area (Å²) in [6.07, 6.45) is 1.93. The highest BCUT2D eigenvalue weighted by Crippen LogP contribution is 1.97. The van der Waals surface area contributed by atoms with Gasteiger partial charge in [-0.3, -0.25) is 9.00 Å². The number of nitriles is 1. The van der Waals surface area contributed by atoms with Crippen molar-refractivity contribution >= 4 is 16.8 Å². The fourth-order valence-electron chi connectivity index (χ4n) is 0.770. The first-order valence-corrected chi connectivity index (χ1v) is 5.59. The molecule has 0 aliphatic heterocycles. The van der Waals surface area contributed by atoms with Crippen molar-refractivity contribution in [2.45, 2.75) is 25.7 Å². The second-order valence-corrected chi connectivity index (χ2v) is 4.30. The third-order valence-electron chi connectivity index (χ3n) is 1.45. The first-order valence-electron chi connectivity index (χ1n) is 4.10. The molecule has 0 radical (unpaired) electrons. The van der Waals surface area contributed by atoms with Gasteiger partial charge in [-0.05, 0) is 12.8 Å². The maximum atomic E-state index is 11.1. The molecule has 0 heterocycles. The van der Waals surface area contributed by atoms with Crippen molar-refractivity contribution in [2.75, 3.05) is 11.5 Å². The number of aliphatic carboxylic acids is 1. The molecule has 0 fully saturated rings. The van der Waals surface area contributed by atoms with Gasteiger partial charge in [-0.25, -0.2) is 0 Å². The zero-order valence-corrected chi connectivity index (χ0v) is 8.18. The lowest BCUT2D eigenvalue weighted by Crippen LogP contribution is -2.07. The lowest BCUT2D eigenvalue weighted by atomic mass is 10.3. The van der Waals surface area contributed by atoms with Gasteiger partial charge in [0.15, 0.2) is 0 Å². The fourth-order valence-corrected chi connectivity index (χ4v) is 1.90. The molecule has 0 spiro atoms. The van der Waals surface area contributed by atoms with Crippen LogP contribution in [0.4, 0.5) is 0 Å². The van der Waals surface area contributed by atoms with Gasteiger partial charge in [-0.2, -0.15) is 5.26 Å². The first kappa shape index (κ1) is 12.1. The van der Waals surface area contributed by atoms with Gasteiger partial charge in [0.25, 0.3) is 0 Å². The molecule has 1 N–H and O–H groups in total. The summed E-state index contributed by atoms with van der Waals surface area (Å²) in [6.45, 7) is 0. The molecule has 0 aromatic heterocycles. The molecular formula is C8H13NO3S. The van der Waals surface area contributed by atoms with Crippen LogP contribution < -0.4 is 0 Å². The van der Waals surface area contributed by atoms with Crippen molar-refractivity contribution in [3.8, 4) is 6.07 Å². The first-order chi connectivity index (χ1) is 6.16. The van der Waals surface area contributed by atoms with Gasteiger partial charge in [-0.15, -0.1) is 0 Å². The van der Waals surface area contributed by atoms with Gasteiger partial charge in [0.1, 0.15) is 0 Å². The van der Waals surface area contributed by atoms with Gasteiger partial charge in [-0.1, -0.05) is 0 Å². The topological polar surface area (TPSA) is 78.2 Å². The van der Waals surface area contributed by atoms with Crippen LogP contribution in [0, 0.1) is 11.3 Å². The molecule has 74 valence electrons. The number of carboxylic acids is 1. The number of carbonyl (C=O) groups is 1. The maximum Gasteiger partial charge on any atom is 0.304 e. The summed E-state index contributed by atoms with van der Waals surface area (Å²) in [5.41, 5.74) is 0. The van der Waals surface area contributed by atoms with E-state index in [1.165, 1.54) is 0 Å². The van der Waals surface area contributed by atoms with Crippen LogP contribution in [0.25, 0.3) is 0 Å². The Morgan fingerprint density at radius 1 is 1.38 bits per heavy atom. The van der Waals surface area contributed by atoms with Crippen LogP contribution in [0.3, 0.4) is 0 Å². The van der Waals surface area contributed by atoms with Crippen molar-refractivity contribution in [3.63, 3.8) is 0 Å². The van der Waals surface area contributed by atoms with E-state index >= 15 is 0 Å². The highest BCUT2D eigenvalue weighted by Gasteiger charge is 2.03. The van der Waals surface area contributed by atoms with Crippen molar-refractivity contribution in [3.05, 3.63) is 0 Å². The zero-order chi connectivity index (χ0) is 10.1. The molecule has 1 atom stereocenters. The molecule has 0 aliphatic carbocycles. The smallest absolute Gasteiger partial charge is 0.304 e. The molecule has 4 nitrogen and oxygen atoms in total. The predicted octanol–water partition coefficient (Wildman–Crippen LogP) is 0.904. The van der Waals surface area contributed by atoms with E-state index in [0.29, 0.717) is 12.2 Å². The predicted molar refractivity (Wildman–Crippen MR) is 49.6 cm³/mol. The molecule has 0 aliphatic rings. The van der Waals surface area contributed by atoms with Crippen molar-refractivity contribution < 1.29 is 14.1 Å². The van der Waals surface area contributed by atoms with Crippen LogP contribution >= 0.6 is 0 Å². The third kappa shape index (κ3) is 9.02. The van der Waals surface area contributed by atoms with Crippen LogP contribution in [0.15, 0.2) is 0 Å². The van der Waals surface area contributed by atoms with E-state index in [-0.39, 0.29) is 12.2 Å². The summed E-state index contributed by atoms with van der Waals surface area (Å²) >= 11 is 0. The molecule has 0 rings (SSSR count). The molecule has 0 saturated carbocycles. The summed E-state index contributed by atoms with van der Waals surface area (Å²) < 4.78 is 11.1. The lowest BCUT2D eigenvalue weighted by molar-refractivity contribution is -0.136. The third-order valence-corrected chi connectivity index (χ3v) is 2.86. The number of nitrogens with zero attached hydrogens (tertiary/aromatic N) is 1. The molecule has 0 saturated heterocycles. The SMILES string of the molecule is N#CCCCCS(=O)CCC(=O)O. The van der Waals surface area contributed by atoms with Crippen LogP contribution in [0.2, 0.25) is 0 Å². The van der Waals surface area contributed by atoms with E-state index in [9.17, 15) is 9.00 Å². The van der Waals surface area contributed by atoms with Gasteiger partial charge >= 0.3 is 5.97 Å². The van der Waals surface area contributed by atoms with E-state index in [1.807, 2.05) is 6.07 Å². The molecule has 1 unspecified atom stereocenters. The molecule has 0 amide bonds. The zero-order valence-electron chi connectivity index (χ0n) is 7.36. The monoisotopic (exact) mass is 203 g/mol. The Kier molecular flexibility index (Phi) is 7.21. The maximum absolute atomic E-state index is 11.1. The minimum atomic E-state index is -1.03. The molecular weight excluding hydrogens is 190 g/mol. The van der Waals surface area contributed by atoms with Crippen molar-refractivity contribution in [2.24, 2.45) is 0 Å². The Balaban J connectivity index is 3.31. The van der Waals surface area contributed by atoms with Gasteiger partial charge in [0.2, 0.25) is 0 Å². The van der Waals surface area contributed by atoms with Crippen LogP contribution in [0.1, 0.15) is 25.7 Å². The van der Waals surface area contributed by atoms with E-state index in [1.54, 1.807) is 0 Å². The van der Waals surface area contributed by atoms with E-state index in [2.05, 4.69) is 0 Å². The number of unbranched alkanes of at least 4 members (excludes halogenated alkanes) is 2. The van der Waals surface area contributed by atoms with Crippen LogP contribution in [-0.2, 0) is 15.6 Å². The fraction of sp³-hybridized carbons (Fsp3) is 0.750. The van der Waals surface area contributed by atoms with Crippen LogP contribution in [-0.4, -0.2) is 26.8 Å².